The number of aryl methyl sites for hydroxylation is 1. The zero-order valence-electron chi connectivity index (χ0n) is 8.38. The highest BCUT2D eigenvalue weighted by molar-refractivity contribution is 7.73. The molecule has 3 aromatic rings. The van der Waals surface area contributed by atoms with Crippen molar-refractivity contribution in [2.24, 2.45) is 7.05 Å². The Kier molecular flexibility index (Phi) is 1.95. The molecular weight excluding hydrogens is 242 g/mol. The van der Waals surface area contributed by atoms with Gasteiger partial charge in [-0.05, 0) is 24.4 Å². The van der Waals surface area contributed by atoms with E-state index in [1.807, 2.05) is 18.2 Å². The molecule has 2 aromatic heterocycles. The van der Waals surface area contributed by atoms with Gasteiger partial charge in [0.2, 0.25) is 4.96 Å². The Balaban J connectivity index is 2.72. The fourth-order valence-electron chi connectivity index (χ4n) is 1.66. The minimum absolute atomic E-state index is 0.0737. The van der Waals surface area contributed by atoms with E-state index in [2.05, 4.69) is 4.98 Å². The van der Waals surface area contributed by atoms with Gasteiger partial charge in [-0.3, -0.25) is 9.48 Å². The highest BCUT2D eigenvalue weighted by atomic mass is 32.1. The van der Waals surface area contributed by atoms with Gasteiger partial charge in [-0.15, -0.1) is 0 Å². The maximum Gasteiger partial charge on any atom is 0.281 e. The third-order valence-corrected chi connectivity index (χ3v) is 3.87. The summed E-state index contributed by atoms with van der Waals surface area (Å²) in [7, 11) is 1.77. The zero-order chi connectivity index (χ0) is 11.3. The Morgan fingerprint density at radius 1 is 1.38 bits per heavy atom. The standard InChI is InChI=1S/C10H7N3OS2/c1-12-10(15)16-9-11-7-5-3-2-4-6(7)8(14)13(9)12/h2-5H,1H3. The van der Waals surface area contributed by atoms with Crippen LogP contribution in [-0.2, 0) is 7.05 Å². The van der Waals surface area contributed by atoms with Crippen LogP contribution >= 0.6 is 23.6 Å². The fourth-order valence-corrected chi connectivity index (χ4v) is 2.77. The lowest BCUT2D eigenvalue weighted by Gasteiger charge is -1.99. The molecule has 1 aromatic carbocycles. The smallest absolute Gasteiger partial charge is 0.267 e. The molecule has 0 bridgehead atoms. The van der Waals surface area contributed by atoms with Crippen molar-refractivity contribution in [3.05, 3.63) is 38.6 Å². The maximum absolute atomic E-state index is 12.2. The van der Waals surface area contributed by atoms with E-state index in [1.165, 1.54) is 15.9 Å². The van der Waals surface area contributed by atoms with Gasteiger partial charge in [0.15, 0.2) is 3.95 Å². The number of hydrogen-bond donors (Lipinski definition) is 0. The van der Waals surface area contributed by atoms with Gasteiger partial charge >= 0.3 is 0 Å². The van der Waals surface area contributed by atoms with E-state index in [-0.39, 0.29) is 5.56 Å². The Morgan fingerprint density at radius 3 is 2.94 bits per heavy atom. The largest absolute Gasteiger partial charge is 0.281 e. The highest BCUT2D eigenvalue weighted by Crippen LogP contribution is 2.13. The first-order valence-electron chi connectivity index (χ1n) is 4.66. The van der Waals surface area contributed by atoms with Crippen LogP contribution in [0.25, 0.3) is 15.9 Å². The molecule has 3 rings (SSSR count). The molecule has 0 saturated carbocycles. The number of rotatable bonds is 0. The average Bonchev–Trinajstić information content (AvgIpc) is 2.55. The summed E-state index contributed by atoms with van der Waals surface area (Å²) in [5.74, 6) is 0. The normalized spacial score (nSPS) is 11.3. The van der Waals surface area contributed by atoms with E-state index in [9.17, 15) is 4.79 Å². The van der Waals surface area contributed by atoms with Crippen molar-refractivity contribution < 1.29 is 0 Å². The minimum Gasteiger partial charge on any atom is -0.267 e. The van der Waals surface area contributed by atoms with Gasteiger partial charge in [0, 0.05) is 7.05 Å². The predicted molar refractivity (Wildman–Crippen MR) is 66.7 cm³/mol. The van der Waals surface area contributed by atoms with E-state index in [0.29, 0.717) is 19.8 Å². The molecule has 0 unspecified atom stereocenters. The van der Waals surface area contributed by atoms with Crippen molar-refractivity contribution in [2.75, 3.05) is 0 Å². The van der Waals surface area contributed by atoms with Crippen LogP contribution in [-0.4, -0.2) is 14.2 Å². The Bertz CT molecular complexity index is 812. The van der Waals surface area contributed by atoms with Crippen molar-refractivity contribution >= 4 is 39.4 Å². The predicted octanol–water partition coefficient (Wildman–Crippen LogP) is 1.98. The summed E-state index contributed by atoms with van der Waals surface area (Å²) in [5.41, 5.74) is 0.639. The molecule has 2 heterocycles. The Hall–Kier alpha value is -1.53. The summed E-state index contributed by atoms with van der Waals surface area (Å²) >= 11 is 6.47. The summed E-state index contributed by atoms with van der Waals surface area (Å²) < 4.78 is 3.80. The number of aromatic nitrogens is 3. The fraction of sp³-hybridized carbons (Fsp3) is 0.100. The van der Waals surface area contributed by atoms with Gasteiger partial charge in [-0.2, -0.15) is 4.52 Å². The van der Waals surface area contributed by atoms with Crippen molar-refractivity contribution in [3.8, 4) is 0 Å². The molecule has 0 spiro atoms. The molecule has 80 valence electrons. The first-order valence-corrected chi connectivity index (χ1v) is 5.88. The number of hydrogen-bond acceptors (Lipinski definition) is 4. The lowest BCUT2D eigenvalue weighted by atomic mass is 10.2. The molecule has 0 aliphatic carbocycles. The molecule has 0 radical (unpaired) electrons. The lowest BCUT2D eigenvalue weighted by Crippen LogP contribution is -2.19. The van der Waals surface area contributed by atoms with Gasteiger partial charge < -0.3 is 0 Å². The molecule has 0 atom stereocenters. The summed E-state index contributed by atoms with van der Waals surface area (Å²) in [6, 6.07) is 7.31. The van der Waals surface area contributed by atoms with Gasteiger partial charge in [0.25, 0.3) is 5.56 Å². The van der Waals surface area contributed by atoms with E-state index in [4.69, 9.17) is 12.2 Å². The number of para-hydroxylation sites is 1. The van der Waals surface area contributed by atoms with Crippen LogP contribution in [0, 0.1) is 3.95 Å². The number of fused-ring (bicyclic) bond motifs is 2. The quantitative estimate of drug-likeness (QED) is 0.572. The molecule has 0 aliphatic rings. The maximum atomic E-state index is 12.2. The van der Waals surface area contributed by atoms with Gasteiger partial charge in [0.05, 0.1) is 10.9 Å². The SMILES string of the molecule is Cn1c(=S)sc2nc3ccccc3c(=O)n21. The van der Waals surface area contributed by atoms with Crippen LogP contribution in [0.4, 0.5) is 0 Å². The molecular formula is C10H7N3OS2. The van der Waals surface area contributed by atoms with Crippen LogP contribution in [0.5, 0.6) is 0 Å². The molecule has 0 N–H and O–H groups in total. The van der Waals surface area contributed by atoms with Crippen molar-refractivity contribution in [1.82, 2.24) is 14.2 Å². The number of benzene rings is 1. The van der Waals surface area contributed by atoms with E-state index in [1.54, 1.807) is 17.8 Å². The van der Waals surface area contributed by atoms with Crippen LogP contribution < -0.4 is 5.56 Å². The van der Waals surface area contributed by atoms with E-state index >= 15 is 0 Å². The summed E-state index contributed by atoms with van der Waals surface area (Å²) in [6.45, 7) is 0. The van der Waals surface area contributed by atoms with Crippen LogP contribution in [0.1, 0.15) is 0 Å². The topological polar surface area (TPSA) is 39.3 Å². The first-order chi connectivity index (χ1) is 7.68. The van der Waals surface area contributed by atoms with E-state index in [0.717, 1.165) is 0 Å². The molecule has 0 amide bonds. The first kappa shape index (κ1) is 9.68. The monoisotopic (exact) mass is 249 g/mol. The molecule has 0 fully saturated rings. The molecule has 0 saturated heterocycles. The van der Waals surface area contributed by atoms with Crippen LogP contribution in [0.2, 0.25) is 0 Å². The summed E-state index contributed by atoms with van der Waals surface area (Å²) in [4.78, 5) is 17.2. The van der Waals surface area contributed by atoms with Crippen molar-refractivity contribution in [3.63, 3.8) is 0 Å². The molecule has 4 nitrogen and oxygen atoms in total. The van der Waals surface area contributed by atoms with E-state index < -0.39 is 0 Å². The Morgan fingerprint density at radius 2 is 2.12 bits per heavy atom. The lowest BCUT2D eigenvalue weighted by molar-refractivity contribution is 0.678. The van der Waals surface area contributed by atoms with Gasteiger partial charge in [0.1, 0.15) is 0 Å². The highest BCUT2D eigenvalue weighted by Gasteiger charge is 2.08. The third-order valence-electron chi connectivity index (χ3n) is 2.47. The average molecular weight is 249 g/mol. The Labute approximate surface area is 99.4 Å². The van der Waals surface area contributed by atoms with Crippen LogP contribution in [0.15, 0.2) is 29.1 Å². The second kappa shape index (κ2) is 3.23. The van der Waals surface area contributed by atoms with Gasteiger partial charge in [-0.25, -0.2) is 4.98 Å². The van der Waals surface area contributed by atoms with Crippen LogP contribution in [0.3, 0.4) is 0 Å². The second-order valence-electron chi connectivity index (χ2n) is 3.42. The zero-order valence-corrected chi connectivity index (χ0v) is 10.0. The molecule has 0 aliphatic heterocycles. The summed E-state index contributed by atoms with van der Waals surface area (Å²) in [6.07, 6.45) is 0. The summed E-state index contributed by atoms with van der Waals surface area (Å²) in [5, 5.41) is 0.614. The second-order valence-corrected chi connectivity index (χ2v) is 5.02. The van der Waals surface area contributed by atoms with Crippen molar-refractivity contribution in [2.45, 2.75) is 0 Å². The third kappa shape index (κ3) is 1.17. The minimum atomic E-state index is -0.0737. The molecule has 16 heavy (non-hydrogen) atoms. The molecule has 6 heteroatoms. The van der Waals surface area contributed by atoms with Gasteiger partial charge in [-0.1, -0.05) is 23.5 Å². The van der Waals surface area contributed by atoms with Crippen molar-refractivity contribution in [1.29, 1.82) is 0 Å². The number of nitrogens with zero attached hydrogens (tertiary/aromatic N) is 3.